The molecule has 0 aliphatic carbocycles. The molecule has 8 heteroatoms. The smallest absolute Gasteiger partial charge is 0.390 e. The summed E-state index contributed by atoms with van der Waals surface area (Å²) in [4.78, 5) is 16.3. The zero-order valence-electron chi connectivity index (χ0n) is 10.4. The number of nitrogens with zero attached hydrogens (tertiary/aromatic N) is 5. The third kappa shape index (κ3) is 3.42. The van der Waals surface area contributed by atoms with Crippen molar-refractivity contribution in [1.82, 2.24) is 19.7 Å². The van der Waals surface area contributed by atoms with Crippen LogP contribution in [0.1, 0.15) is 19.3 Å². The lowest BCUT2D eigenvalue weighted by Gasteiger charge is -2.25. The topological polar surface area (TPSA) is 77.1 Å². The highest BCUT2D eigenvalue weighted by Gasteiger charge is 2.19. The summed E-state index contributed by atoms with van der Waals surface area (Å²) in [5.41, 5.74) is 0. The lowest BCUT2D eigenvalue weighted by molar-refractivity contribution is -0.394. The zero-order chi connectivity index (χ0) is 13.0. The van der Waals surface area contributed by atoms with E-state index in [2.05, 4.69) is 15.0 Å². The molecule has 0 spiro atoms. The first-order chi connectivity index (χ1) is 8.66. The zero-order valence-corrected chi connectivity index (χ0v) is 11.2. The molecule has 18 heavy (non-hydrogen) atoms. The number of aromatic nitrogens is 3. The largest absolute Gasteiger partial charge is 0.492 e. The highest BCUT2D eigenvalue weighted by Crippen LogP contribution is 2.18. The molecular weight excluding hydrogens is 254 g/mol. The van der Waals surface area contributed by atoms with Gasteiger partial charge in [0, 0.05) is 24.4 Å². The van der Waals surface area contributed by atoms with Crippen molar-refractivity contribution in [1.29, 1.82) is 0 Å². The Morgan fingerprint density at radius 1 is 1.39 bits per heavy atom. The number of piperidine rings is 1. The van der Waals surface area contributed by atoms with Crippen LogP contribution in [0.2, 0.25) is 0 Å². The third-order valence-electron chi connectivity index (χ3n) is 2.96. The second-order valence-electron chi connectivity index (χ2n) is 4.33. The molecule has 1 aliphatic rings. The van der Waals surface area contributed by atoms with Gasteiger partial charge < -0.3 is 15.0 Å². The number of hydrogen-bond donors (Lipinski definition) is 0. The maximum absolute atomic E-state index is 10.5. The molecule has 0 N–H and O–H groups in total. The van der Waals surface area contributed by atoms with E-state index >= 15 is 0 Å². The Kier molecular flexibility index (Phi) is 4.54. The van der Waals surface area contributed by atoms with Gasteiger partial charge >= 0.3 is 5.95 Å². The summed E-state index contributed by atoms with van der Waals surface area (Å²) >= 11 is 1.52. The van der Waals surface area contributed by atoms with Crippen molar-refractivity contribution in [2.24, 2.45) is 7.05 Å². The Morgan fingerprint density at radius 3 is 2.72 bits per heavy atom. The quantitative estimate of drug-likeness (QED) is 0.456. The van der Waals surface area contributed by atoms with E-state index < -0.39 is 4.92 Å². The van der Waals surface area contributed by atoms with E-state index in [-0.39, 0.29) is 5.95 Å². The van der Waals surface area contributed by atoms with Crippen LogP contribution in [0, 0.1) is 10.1 Å². The van der Waals surface area contributed by atoms with Crippen LogP contribution < -0.4 is 0 Å². The number of nitro groups is 1. The van der Waals surface area contributed by atoms with Gasteiger partial charge in [0.15, 0.2) is 0 Å². The molecule has 1 aromatic heterocycles. The Hall–Kier alpha value is -1.15. The molecule has 2 heterocycles. The van der Waals surface area contributed by atoms with Crippen LogP contribution in [-0.4, -0.2) is 50.0 Å². The Bertz CT molecular complexity index is 416. The van der Waals surface area contributed by atoms with Crippen LogP contribution in [0.5, 0.6) is 0 Å². The van der Waals surface area contributed by atoms with Gasteiger partial charge in [-0.05, 0) is 35.8 Å². The van der Waals surface area contributed by atoms with Gasteiger partial charge in [-0.15, -0.1) is 0 Å². The van der Waals surface area contributed by atoms with Crippen molar-refractivity contribution in [3.63, 3.8) is 0 Å². The fourth-order valence-electron chi connectivity index (χ4n) is 2.01. The SMILES string of the molecule is Cn1nc([N+](=O)[O-])nc1SCCN1CCCCC1. The van der Waals surface area contributed by atoms with Crippen LogP contribution in [0.25, 0.3) is 0 Å². The van der Waals surface area contributed by atoms with Gasteiger partial charge in [0.1, 0.15) is 0 Å². The number of aryl methyl sites for hydroxylation is 1. The molecule has 0 aromatic carbocycles. The molecule has 0 radical (unpaired) electrons. The molecule has 7 nitrogen and oxygen atoms in total. The molecule has 0 bridgehead atoms. The van der Waals surface area contributed by atoms with Crippen molar-refractivity contribution in [3.05, 3.63) is 10.1 Å². The molecule has 0 atom stereocenters. The van der Waals surface area contributed by atoms with E-state index in [1.54, 1.807) is 7.05 Å². The second kappa shape index (κ2) is 6.14. The first-order valence-corrected chi connectivity index (χ1v) is 7.06. The highest BCUT2D eigenvalue weighted by molar-refractivity contribution is 7.99. The molecule has 100 valence electrons. The molecule has 1 saturated heterocycles. The van der Waals surface area contributed by atoms with Gasteiger partial charge in [-0.25, -0.2) is 0 Å². The minimum atomic E-state index is -0.561. The Morgan fingerprint density at radius 2 is 2.11 bits per heavy atom. The molecule has 1 fully saturated rings. The maximum atomic E-state index is 10.5. The summed E-state index contributed by atoms with van der Waals surface area (Å²) in [5.74, 6) is 0.571. The summed E-state index contributed by atoms with van der Waals surface area (Å²) in [6, 6.07) is 0. The second-order valence-corrected chi connectivity index (χ2v) is 5.39. The number of thioether (sulfide) groups is 1. The summed E-state index contributed by atoms with van der Waals surface area (Å²) in [7, 11) is 1.68. The molecule has 1 aromatic rings. The first kappa shape index (κ1) is 13.3. The van der Waals surface area contributed by atoms with Crippen LogP contribution in [0.15, 0.2) is 5.16 Å². The summed E-state index contributed by atoms with van der Waals surface area (Å²) < 4.78 is 1.47. The highest BCUT2D eigenvalue weighted by atomic mass is 32.2. The predicted octanol–water partition coefficient (Wildman–Crippen LogP) is 1.30. The standard InChI is InChI=1S/C10H17N5O2S/c1-13-10(11-9(12-13)15(16)17)18-8-7-14-5-3-2-4-6-14/h2-8H2,1H3. The summed E-state index contributed by atoms with van der Waals surface area (Å²) in [6.45, 7) is 3.34. The molecule has 2 rings (SSSR count). The Balaban J connectivity index is 1.80. The van der Waals surface area contributed by atoms with E-state index in [1.165, 1.54) is 48.8 Å². The first-order valence-electron chi connectivity index (χ1n) is 6.07. The molecule has 1 aliphatic heterocycles. The van der Waals surface area contributed by atoms with E-state index in [0.29, 0.717) is 5.16 Å². The lowest BCUT2D eigenvalue weighted by Crippen LogP contribution is -2.31. The predicted molar refractivity (Wildman–Crippen MR) is 68.7 cm³/mol. The number of hydrogen-bond acceptors (Lipinski definition) is 6. The lowest BCUT2D eigenvalue weighted by atomic mass is 10.1. The van der Waals surface area contributed by atoms with Gasteiger partial charge in [0.05, 0.1) is 0 Å². The summed E-state index contributed by atoms with van der Waals surface area (Å²) in [5, 5.41) is 14.9. The van der Waals surface area contributed by atoms with Crippen molar-refractivity contribution in [3.8, 4) is 0 Å². The fourth-order valence-corrected chi connectivity index (χ4v) is 2.92. The maximum Gasteiger partial charge on any atom is 0.492 e. The average molecular weight is 271 g/mol. The minimum Gasteiger partial charge on any atom is -0.390 e. The van der Waals surface area contributed by atoms with E-state index in [4.69, 9.17) is 0 Å². The van der Waals surface area contributed by atoms with Crippen molar-refractivity contribution in [2.75, 3.05) is 25.4 Å². The Labute approximate surface area is 110 Å². The minimum absolute atomic E-state index is 0.321. The van der Waals surface area contributed by atoms with Gasteiger partial charge in [-0.2, -0.15) is 4.68 Å². The van der Waals surface area contributed by atoms with Crippen LogP contribution >= 0.6 is 11.8 Å². The van der Waals surface area contributed by atoms with Crippen molar-refractivity contribution >= 4 is 17.7 Å². The average Bonchev–Trinajstić information content (AvgIpc) is 2.73. The van der Waals surface area contributed by atoms with Gasteiger partial charge in [0.25, 0.3) is 5.16 Å². The van der Waals surface area contributed by atoms with Gasteiger partial charge in [0.2, 0.25) is 0 Å². The van der Waals surface area contributed by atoms with Crippen LogP contribution in [0.3, 0.4) is 0 Å². The third-order valence-corrected chi connectivity index (χ3v) is 3.96. The van der Waals surface area contributed by atoms with Gasteiger partial charge in [-0.3, -0.25) is 0 Å². The van der Waals surface area contributed by atoms with Gasteiger partial charge in [-0.1, -0.05) is 18.2 Å². The molecule has 0 unspecified atom stereocenters. The van der Waals surface area contributed by atoms with Crippen LogP contribution in [-0.2, 0) is 7.05 Å². The summed E-state index contributed by atoms with van der Waals surface area (Å²) in [6.07, 6.45) is 3.89. The normalized spacial score (nSPS) is 16.9. The molecular formula is C10H17N5O2S. The fraction of sp³-hybridized carbons (Fsp3) is 0.800. The van der Waals surface area contributed by atoms with E-state index in [1.807, 2.05) is 0 Å². The van der Waals surface area contributed by atoms with Crippen molar-refractivity contribution in [2.45, 2.75) is 24.4 Å². The number of likely N-dealkylation sites (tertiary alicyclic amines) is 1. The van der Waals surface area contributed by atoms with Crippen LogP contribution in [0.4, 0.5) is 5.95 Å². The monoisotopic (exact) mass is 271 g/mol. The molecule has 0 saturated carbocycles. The van der Waals surface area contributed by atoms with E-state index in [0.717, 1.165) is 12.3 Å². The van der Waals surface area contributed by atoms with Crippen molar-refractivity contribution < 1.29 is 4.92 Å². The van der Waals surface area contributed by atoms with E-state index in [9.17, 15) is 10.1 Å². The number of rotatable bonds is 5. The molecule has 0 amide bonds.